The second-order valence-electron chi connectivity index (χ2n) is 7.40. The highest BCUT2D eigenvalue weighted by Gasteiger charge is 2.08. The maximum Gasteiger partial charge on any atom is 0.255 e. The fourth-order valence-corrected chi connectivity index (χ4v) is 4.04. The van der Waals surface area contributed by atoms with Crippen molar-refractivity contribution in [2.45, 2.75) is 6.92 Å². The number of hydrogen-bond acceptors (Lipinski definition) is 6. The van der Waals surface area contributed by atoms with Crippen LogP contribution in [0.4, 0.5) is 16.5 Å². The number of nitrogens with one attached hydrogen (secondary N) is 2. The lowest BCUT2D eigenvalue weighted by Gasteiger charge is -2.10. The Bertz CT molecular complexity index is 1410. The molecule has 0 saturated carbocycles. The minimum absolute atomic E-state index is 0.180. The number of pyridine rings is 1. The molecule has 2 N–H and O–H groups in total. The molecular weight excluding hydrogens is 432 g/mol. The monoisotopic (exact) mass is 452 g/mol. The fraction of sp³-hybridized carbons (Fsp3) is 0.0385. The van der Waals surface area contributed by atoms with Crippen molar-refractivity contribution in [3.8, 4) is 11.5 Å². The number of aromatic nitrogens is 2. The summed E-state index contributed by atoms with van der Waals surface area (Å²) in [4.78, 5) is 21.4. The van der Waals surface area contributed by atoms with Gasteiger partial charge in [-0.2, -0.15) is 0 Å². The summed E-state index contributed by atoms with van der Waals surface area (Å²) in [5.74, 6) is 1.23. The van der Waals surface area contributed by atoms with Gasteiger partial charge in [-0.1, -0.05) is 12.1 Å². The van der Waals surface area contributed by atoms with Gasteiger partial charge in [-0.15, -0.1) is 11.3 Å². The zero-order chi connectivity index (χ0) is 22.6. The first-order valence-electron chi connectivity index (χ1n) is 10.4. The summed E-state index contributed by atoms with van der Waals surface area (Å²) in [6, 6.07) is 24.2. The smallest absolute Gasteiger partial charge is 0.255 e. The molecule has 0 spiro atoms. The van der Waals surface area contributed by atoms with Gasteiger partial charge in [0.25, 0.3) is 5.91 Å². The topological polar surface area (TPSA) is 76.1 Å². The van der Waals surface area contributed by atoms with Gasteiger partial charge in [0.05, 0.1) is 11.2 Å². The Morgan fingerprint density at radius 3 is 2.42 bits per heavy atom. The third-order valence-electron chi connectivity index (χ3n) is 4.97. The lowest BCUT2D eigenvalue weighted by Crippen LogP contribution is -2.11. The van der Waals surface area contributed by atoms with Crippen LogP contribution in [0.25, 0.3) is 10.9 Å². The standard InChI is InChI=1S/C26H20N4O2S/c1-17-16-33-26(28-17)30-20-8-6-18(7-9-20)25(31)29-19-10-12-21(13-11-19)32-24-14-15-27-23-5-3-2-4-22(23)24/h2-16H,1H3,(H,28,30)(H,29,31). The summed E-state index contributed by atoms with van der Waals surface area (Å²) in [5, 5.41) is 9.91. The van der Waals surface area contributed by atoms with Crippen LogP contribution in [0, 0.1) is 6.92 Å². The van der Waals surface area contributed by atoms with Gasteiger partial charge < -0.3 is 15.4 Å². The summed E-state index contributed by atoms with van der Waals surface area (Å²) in [5.41, 5.74) is 3.99. The van der Waals surface area contributed by atoms with Crippen molar-refractivity contribution in [2.24, 2.45) is 0 Å². The van der Waals surface area contributed by atoms with Crippen molar-refractivity contribution < 1.29 is 9.53 Å². The Labute approximate surface area is 194 Å². The highest BCUT2D eigenvalue weighted by atomic mass is 32.1. The molecular formula is C26H20N4O2S. The average Bonchev–Trinajstić information content (AvgIpc) is 3.25. The molecule has 0 radical (unpaired) electrons. The Morgan fingerprint density at radius 1 is 0.909 bits per heavy atom. The van der Waals surface area contributed by atoms with E-state index in [0.29, 0.717) is 17.0 Å². The van der Waals surface area contributed by atoms with Crippen molar-refractivity contribution in [2.75, 3.05) is 10.6 Å². The number of fused-ring (bicyclic) bond motifs is 1. The Kier molecular flexibility index (Phi) is 5.70. The van der Waals surface area contributed by atoms with Gasteiger partial charge >= 0.3 is 0 Å². The summed E-state index contributed by atoms with van der Waals surface area (Å²) in [6.07, 6.45) is 1.73. The quantitative estimate of drug-likeness (QED) is 0.297. The van der Waals surface area contributed by atoms with E-state index in [4.69, 9.17) is 4.74 Å². The Morgan fingerprint density at radius 2 is 1.67 bits per heavy atom. The van der Waals surface area contributed by atoms with Crippen LogP contribution in [0.2, 0.25) is 0 Å². The van der Waals surface area contributed by atoms with E-state index in [9.17, 15) is 4.79 Å². The van der Waals surface area contributed by atoms with Crippen LogP contribution in [-0.4, -0.2) is 15.9 Å². The van der Waals surface area contributed by atoms with Crippen LogP contribution in [0.3, 0.4) is 0 Å². The number of para-hydroxylation sites is 1. The third-order valence-corrected chi connectivity index (χ3v) is 5.84. The molecule has 0 saturated heterocycles. The van der Waals surface area contributed by atoms with Gasteiger partial charge in [0.1, 0.15) is 11.5 Å². The van der Waals surface area contributed by atoms with Crippen LogP contribution in [-0.2, 0) is 0 Å². The fourth-order valence-electron chi connectivity index (χ4n) is 3.33. The van der Waals surface area contributed by atoms with Gasteiger partial charge in [-0.05, 0) is 73.7 Å². The molecule has 0 bridgehead atoms. The first-order chi connectivity index (χ1) is 16.1. The number of aryl methyl sites for hydroxylation is 1. The van der Waals surface area contributed by atoms with Gasteiger partial charge in [0.15, 0.2) is 5.13 Å². The maximum absolute atomic E-state index is 12.6. The van der Waals surface area contributed by atoms with E-state index in [2.05, 4.69) is 20.6 Å². The van der Waals surface area contributed by atoms with Gasteiger partial charge in [-0.25, -0.2) is 4.98 Å². The van der Waals surface area contributed by atoms with Gasteiger partial charge in [0.2, 0.25) is 0 Å². The van der Waals surface area contributed by atoms with Crippen molar-refractivity contribution in [3.63, 3.8) is 0 Å². The molecule has 0 aliphatic carbocycles. The van der Waals surface area contributed by atoms with Gasteiger partial charge in [0, 0.05) is 33.9 Å². The number of carbonyl (C=O) groups is 1. The van der Waals surface area contributed by atoms with E-state index < -0.39 is 0 Å². The lowest BCUT2D eigenvalue weighted by atomic mass is 10.2. The zero-order valence-electron chi connectivity index (χ0n) is 17.8. The molecule has 33 heavy (non-hydrogen) atoms. The van der Waals surface area contributed by atoms with E-state index in [1.165, 1.54) is 0 Å². The SMILES string of the molecule is Cc1csc(Nc2ccc(C(=O)Nc3ccc(Oc4ccnc5ccccc45)cc3)cc2)n1. The van der Waals surface area contributed by atoms with E-state index in [0.717, 1.165) is 33.2 Å². The van der Waals surface area contributed by atoms with E-state index in [1.54, 1.807) is 29.7 Å². The predicted octanol–water partition coefficient (Wildman–Crippen LogP) is 6.79. The predicted molar refractivity (Wildman–Crippen MR) is 133 cm³/mol. The molecule has 0 aliphatic rings. The number of thiazole rings is 1. The van der Waals surface area contributed by atoms with Crippen molar-refractivity contribution in [1.82, 2.24) is 9.97 Å². The molecule has 5 rings (SSSR count). The van der Waals surface area contributed by atoms with Crippen molar-refractivity contribution in [1.29, 1.82) is 0 Å². The summed E-state index contributed by atoms with van der Waals surface area (Å²) in [7, 11) is 0. The van der Waals surface area contributed by atoms with Crippen LogP contribution in [0.15, 0.2) is 90.4 Å². The van der Waals surface area contributed by atoms with Crippen LogP contribution in [0.5, 0.6) is 11.5 Å². The average molecular weight is 453 g/mol. The summed E-state index contributed by atoms with van der Waals surface area (Å²) in [6.45, 7) is 1.95. The molecule has 162 valence electrons. The maximum atomic E-state index is 12.6. The molecule has 0 atom stereocenters. The van der Waals surface area contributed by atoms with Crippen LogP contribution >= 0.6 is 11.3 Å². The van der Waals surface area contributed by atoms with E-state index >= 15 is 0 Å². The number of hydrogen-bond donors (Lipinski definition) is 2. The highest BCUT2D eigenvalue weighted by Crippen LogP contribution is 2.29. The number of carbonyl (C=O) groups excluding carboxylic acids is 1. The normalized spacial score (nSPS) is 10.7. The number of rotatable bonds is 6. The Hall–Kier alpha value is -4.23. The molecule has 6 nitrogen and oxygen atoms in total. The molecule has 2 heterocycles. The highest BCUT2D eigenvalue weighted by molar-refractivity contribution is 7.13. The summed E-state index contributed by atoms with van der Waals surface area (Å²) < 4.78 is 6.04. The molecule has 0 unspecified atom stereocenters. The number of ether oxygens (including phenoxy) is 1. The number of amides is 1. The number of benzene rings is 3. The molecule has 5 aromatic rings. The number of anilines is 3. The largest absolute Gasteiger partial charge is 0.457 e. The molecule has 1 amide bonds. The first-order valence-corrected chi connectivity index (χ1v) is 11.2. The third kappa shape index (κ3) is 4.83. The minimum atomic E-state index is -0.180. The van der Waals surface area contributed by atoms with E-state index in [1.807, 2.05) is 79.0 Å². The molecule has 3 aromatic carbocycles. The second kappa shape index (κ2) is 9.10. The van der Waals surface area contributed by atoms with Crippen LogP contribution < -0.4 is 15.4 Å². The van der Waals surface area contributed by atoms with E-state index in [-0.39, 0.29) is 5.91 Å². The Balaban J connectivity index is 1.23. The van der Waals surface area contributed by atoms with Crippen molar-refractivity contribution in [3.05, 3.63) is 102 Å². The minimum Gasteiger partial charge on any atom is -0.457 e. The number of nitrogens with zero attached hydrogens (tertiary/aromatic N) is 2. The molecule has 2 aromatic heterocycles. The molecule has 7 heteroatoms. The first kappa shape index (κ1) is 20.7. The van der Waals surface area contributed by atoms with Gasteiger partial charge in [-0.3, -0.25) is 9.78 Å². The molecule has 0 fully saturated rings. The zero-order valence-corrected chi connectivity index (χ0v) is 18.6. The summed E-state index contributed by atoms with van der Waals surface area (Å²) >= 11 is 1.54. The second-order valence-corrected chi connectivity index (χ2v) is 8.26. The molecule has 0 aliphatic heterocycles. The van der Waals surface area contributed by atoms with Crippen LogP contribution in [0.1, 0.15) is 16.1 Å². The van der Waals surface area contributed by atoms with Crippen molar-refractivity contribution >= 4 is 44.7 Å². The lowest BCUT2D eigenvalue weighted by molar-refractivity contribution is 0.102.